The SMILES string of the molecule is NNC(c1ccc(Br)cn1)C1CCOC2(CCSCC2)C1. The number of nitrogens with zero attached hydrogens (tertiary/aromatic N) is 1. The molecule has 2 aliphatic rings. The summed E-state index contributed by atoms with van der Waals surface area (Å²) in [7, 11) is 0. The minimum Gasteiger partial charge on any atom is -0.375 e. The summed E-state index contributed by atoms with van der Waals surface area (Å²) in [5.41, 5.74) is 4.09. The molecule has 0 amide bonds. The van der Waals surface area contributed by atoms with Crippen LogP contribution in [-0.4, -0.2) is 28.7 Å². The largest absolute Gasteiger partial charge is 0.375 e. The lowest BCUT2D eigenvalue weighted by Gasteiger charge is -2.45. The highest BCUT2D eigenvalue weighted by atomic mass is 79.9. The molecule has 0 radical (unpaired) electrons. The highest BCUT2D eigenvalue weighted by Gasteiger charge is 2.41. The zero-order valence-corrected chi connectivity index (χ0v) is 14.5. The van der Waals surface area contributed by atoms with Gasteiger partial charge < -0.3 is 4.74 Å². The number of aromatic nitrogens is 1. The molecular weight excluding hydrogens is 350 g/mol. The molecule has 3 heterocycles. The molecule has 116 valence electrons. The molecule has 1 aromatic rings. The fourth-order valence-corrected chi connectivity index (χ4v) is 4.95. The number of ether oxygens (including phenoxy) is 1. The van der Waals surface area contributed by atoms with Gasteiger partial charge in [0.2, 0.25) is 0 Å². The summed E-state index contributed by atoms with van der Waals surface area (Å²) >= 11 is 5.47. The van der Waals surface area contributed by atoms with Gasteiger partial charge in [-0.1, -0.05) is 0 Å². The Kier molecular flexibility index (Phi) is 5.22. The molecule has 2 atom stereocenters. The lowest BCUT2D eigenvalue weighted by atomic mass is 9.78. The van der Waals surface area contributed by atoms with E-state index in [1.165, 1.54) is 24.3 Å². The van der Waals surface area contributed by atoms with Crippen molar-refractivity contribution in [3.8, 4) is 0 Å². The first-order chi connectivity index (χ1) is 10.2. The molecule has 4 nitrogen and oxygen atoms in total. The molecule has 2 unspecified atom stereocenters. The van der Waals surface area contributed by atoms with Gasteiger partial charge in [0.05, 0.1) is 17.3 Å². The molecule has 2 fully saturated rings. The quantitative estimate of drug-likeness (QED) is 0.631. The van der Waals surface area contributed by atoms with E-state index >= 15 is 0 Å². The van der Waals surface area contributed by atoms with E-state index in [0.717, 1.165) is 29.6 Å². The summed E-state index contributed by atoms with van der Waals surface area (Å²) in [5.74, 6) is 8.76. The number of halogens is 1. The first-order valence-corrected chi connectivity index (χ1v) is 9.46. The predicted octanol–water partition coefficient (Wildman–Crippen LogP) is 3.04. The van der Waals surface area contributed by atoms with Gasteiger partial charge in [-0.3, -0.25) is 16.3 Å². The Bertz CT molecular complexity index is 459. The average molecular weight is 372 g/mol. The Morgan fingerprint density at radius 3 is 2.90 bits per heavy atom. The van der Waals surface area contributed by atoms with Gasteiger partial charge >= 0.3 is 0 Å². The van der Waals surface area contributed by atoms with Crippen LogP contribution < -0.4 is 11.3 Å². The molecule has 21 heavy (non-hydrogen) atoms. The van der Waals surface area contributed by atoms with Gasteiger partial charge in [0.15, 0.2) is 0 Å². The Balaban J connectivity index is 1.75. The summed E-state index contributed by atoms with van der Waals surface area (Å²) < 4.78 is 7.17. The Hall–Kier alpha value is -0.140. The van der Waals surface area contributed by atoms with Gasteiger partial charge in [0, 0.05) is 17.3 Å². The van der Waals surface area contributed by atoms with E-state index < -0.39 is 0 Å². The van der Waals surface area contributed by atoms with Crippen LogP contribution in [0.5, 0.6) is 0 Å². The summed E-state index contributed by atoms with van der Waals surface area (Å²) in [6.07, 6.45) is 6.30. The molecule has 1 spiro atoms. The number of nitrogens with two attached hydrogens (primary N) is 1. The Morgan fingerprint density at radius 2 is 2.24 bits per heavy atom. The molecule has 0 aliphatic carbocycles. The second kappa shape index (κ2) is 6.96. The standard InChI is InChI=1S/C15H22BrN3OS/c16-12-1-2-13(18-10-12)14(19-17)11-3-6-20-15(9-11)4-7-21-8-5-15/h1-2,10-11,14,19H,3-9,17H2. The lowest BCUT2D eigenvalue weighted by molar-refractivity contribution is -0.107. The summed E-state index contributed by atoms with van der Waals surface area (Å²) in [6, 6.07) is 4.18. The summed E-state index contributed by atoms with van der Waals surface area (Å²) in [5, 5.41) is 0. The van der Waals surface area contributed by atoms with E-state index in [-0.39, 0.29) is 11.6 Å². The van der Waals surface area contributed by atoms with E-state index in [1.807, 2.05) is 30.1 Å². The van der Waals surface area contributed by atoms with E-state index in [0.29, 0.717) is 5.92 Å². The molecule has 3 N–H and O–H groups in total. The number of rotatable bonds is 3. The van der Waals surface area contributed by atoms with E-state index in [9.17, 15) is 0 Å². The average Bonchev–Trinajstić information content (AvgIpc) is 2.51. The van der Waals surface area contributed by atoms with E-state index in [1.54, 1.807) is 0 Å². The minimum atomic E-state index is 0.0820. The second-order valence-corrected chi connectivity index (χ2v) is 8.08. The number of hydrazine groups is 1. The van der Waals surface area contributed by atoms with E-state index in [2.05, 4.69) is 26.3 Å². The van der Waals surface area contributed by atoms with Crippen molar-refractivity contribution in [2.45, 2.75) is 37.3 Å². The van der Waals surface area contributed by atoms with Crippen molar-refractivity contribution in [2.24, 2.45) is 11.8 Å². The smallest absolute Gasteiger partial charge is 0.0701 e. The van der Waals surface area contributed by atoms with Gasteiger partial charge in [0.25, 0.3) is 0 Å². The fourth-order valence-electron chi connectivity index (χ4n) is 3.48. The van der Waals surface area contributed by atoms with Crippen LogP contribution in [0.3, 0.4) is 0 Å². The van der Waals surface area contributed by atoms with Crippen molar-refractivity contribution in [1.82, 2.24) is 10.4 Å². The molecule has 0 bridgehead atoms. The van der Waals surface area contributed by atoms with Gasteiger partial charge in [-0.25, -0.2) is 0 Å². The second-order valence-electron chi connectivity index (χ2n) is 5.94. The highest BCUT2D eigenvalue weighted by molar-refractivity contribution is 9.10. The normalized spacial score (nSPS) is 26.7. The number of hydrogen-bond acceptors (Lipinski definition) is 5. The van der Waals surface area contributed by atoms with Gasteiger partial charge in [-0.15, -0.1) is 0 Å². The molecule has 0 aromatic carbocycles. The summed E-state index contributed by atoms with van der Waals surface area (Å²) in [4.78, 5) is 4.52. The van der Waals surface area contributed by atoms with E-state index in [4.69, 9.17) is 10.6 Å². The van der Waals surface area contributed by atoms with Crippen LogP contribution in [0.4, 0.5) is 0 Å². The van der Waals surface area contributed by atoms with Crippen LogP contribution in [0.1, 0.15) is 37.4 Å². The van der Waals surface area contributed by atoms with Crippen molar-refractivity contribution in [3.63, 3.8) is 0 Å². The third-order valence-electron chi connectivity index (χ3n) is 4.65. The molecule has 3 rings (SSSR count). The van der Waals surface area contributed by atoms with Crippen LogP contribution in [0.25, 0.3) is 0 Å². The van der Waals surface area contributed by atoms with Crippen molar-refractivity contribution in [1.29, 1.82) is 0 Å². The maximum atomic E-state index is 6.18. The Labute approximate surface area is 138 Å². The molecule has 1 aromatic heterocycles. The zero-order chi connectivity index (χ0) is 14.7. The molecule has 0 saturated carbocycles. The number of pyridine rings is 1. The maximum Gasteiger partial charge on any atom is 0.0701 e. The van der Waals surface area contributed by atoms with Crippen molar-refractivity contribution < 1.29 is 4.74 Å². The number of hydrogen-bond donors (Lipinski definition) is 2. The third-order valence-corrected chi connectivity index (χ3v) is 6.11. The minimum absolute atomic E-state index is 0.0820. The molecular formula is C15H22BrN3OS. The van der Waals surface area contributed by atoms with Gasteiger partial charge in [-0.05, 0) is 71.2 Å². The molecule has 6 heteroatoms. The number of nitrogens with one attached hydrogen (secondary N) is 1. The van der Waals surface area contributed by atoms with Gasteiger partial charge in [-0.2, -0.15) is 11.8 Å². The topological polar surface area (TPSA) is 60.2 Å². The molecule has 2 saturated heterocycles. The number of thioether (sulfide) groups is 1. The Morgan fingerprint density at radius 1 is 1.43 bits per heavy atom. The third kappa shape index (κ3) is 3.62. The monoisotopic (exact) mass is 371 g/mol. The zero-order valence-electron chi connectivity index (χ0n) is 12.1. The van der Waals surface area contributed by atoms with Crippen LogP contribution >= 0.6 is 27.7 Å². The van der Waals surface area contributed by atoms with Crippen LogP contribution in [0.15, 0.2) is 22.8 Å². The van der Waals surface area contributed by atoms with Crippen LogP contribution in [0.2, 0.25) is 0 Å². The van der Waals surface area contributed by atoms with Crippen molar-refractivity contribution in [2.75, 3.05) is 18.1 Å². The fraction of sp³-hybridized carbons (Fsp3) is 0.667. The van der Waals surface area contributed by atoms with Crippen molar-refractivity contribution in [3.05, 3.63) is 28.5 Å². The maximum absolute atomic E-state index is 6.18. The van der Waals surface area contributed by atoms with Crippen LogP contribution in [0, 0.1) is 5.92 Å². The van der Waals surface area contributed by atoms with Crippen LogP contribution in [-0.2, 0) is 4.74 Å². The van der Waals surface area contributed by atoms with Crippen molar-refractivity contribution >= 4 is 27.7 Å². The first-order valence-electron chi connectivity index (χ1n) is 7.52. The summed E-state index contributed by atoms with van der Waals surface area (Å²) in [6.45, 7) is 0.837. The lowest BCUT2D eigenvalue weighted by Crippen LogP contribution is -2.46. The van der Waals surface area contributed by atoms with Gasteiger partial charge in [0.1, 0.15) is 0 Å². The highest BCUT2D eigenvalue weighted by Crippen LogP contribution is 2.43. The predicted molar refractivity (Wildman–Crippen MR) is 90.0 cm³/mol. The first kappa shape index (κ1) is 15.7. The molecule has 2 aliphatic heterocycles.